The summed E-state index contributed by atoms with van der Waals surface area (Å²) in [4.78, 5) is 4.34. The summed E-state index contributed by atoms with van der Waals surface area (Å²) >= 11 is 0. The Morgan fingerprint density at radius 2 is 2.18 bits per heavy atom. The van der Waals surface area contributed by atoms with Gasteiger partial charge in [0.25, 0.3) is 0 Å². The van der Waals surface area contributed by atoms with E-state index in [1.165, 1.54) is 11.3 Å². The van der Waals surface area contributed by atoms with Crippen LogP contribution in [0.5, 0.6) is 0 Å². The Balaban J connectivity index is 1.65. The van der Waals surface area contributed by atoms with Gasteiger partial charge in [0, 0.05) is 56.8 Å². The number of aryl methyl sites for hydroxylation is 3. The van der Waals surface area contributed by atoms with Crippen LogP contribution in [0.3, 0.4) is 0 Å². The number of hydrogen-bond donors (Lipinski definition) is 1. The summed E-state index contributed by atoms with van der Waals surface area (Å²) < 4.78 is 10.0. The maximum Gasteiger partial charge on any atom is 0.122 e. The number of ether oxygens (including phenoxy) is 1. The van der Waals surface area contributed by atoms with Gasteiger partial charge in [0.1, 0.15) is 5.82 Å². The van der Waals surface area contributed by atoms with Crippen molar-refractivity contribution in [3.05, 3.63) is 35.2 Å². The molecule has 0 aliphatic carbocycles. The lowest BCUT2D eigenvalue weighted by molar-refractivity contribution is 0.0893. The Labute approximate surface area is 131 Å². The maximum atomic E-state index is 6.02. The Morgan fingerprint density at radius 3 is 2.82 bits per heavy atom. The third-order valence-electron chi connectivity index (χ3n) is 4.67. The van der Waals surface area contributed by atoms with Gasteiger partial charge in [-0.1, -0.05) is 0 Å². The van der Waals surface area contributed by atoms with Gasteiger partial charge in [-0.25, -0.2) is 4.98 Å². The van der Waals surface area contributed by atoms with E-state index in [1.54, 1.807) is 0 Å². The van der Waals surface area contributed by atoms with Gasteiger partial charge in [0.05, 0.1) is 18.3 Å². The first kappa shape index (κ1) is 15.2. The zero-order valence-corrected chi connectivity index (χ0v) is 13.8. The second kappa shape index (κ2) is 6.22. The summed E-state index contributed by atoms with van der Waals surface area (Å²) in [6.07, 6.45) is 5.05. The van der Waals surface area contributed by atoms with Crippen molar-refractivity contribution in [2.75, 3.05) is 13.2 Å². The molecular weight excluding hydrogens is 278 g/mol. The lowest BCUT2D eigenvalue weighted by Crippen LogP contribution is -2.26. The highest BCUT2D eigenvalue weighted by Crippen LogP contribution is 2.37. The molecule has 6 heteroatoms. The average Bonchev–Trinajstić information content (AvgIpc) is 3.14. The molecule has 1 N–H and O–H groups in total. The maximum absolute atomic E-state index is 6.02. The van der Waals surface area contributed by atoms with E-state index in [0.717, 1.165) is 37.6 Å². The average molecular weight is 303 g/mol. The molecule has 1 aliphatic heterocycles. The number of nitrogens with one attached hydrogen (secondary N) is 1. The van der Waals surface area contributed by atoms with E-state index in [-0.39, 0.29) is 6.10 Å². The molecule has 2 aromatic heterocycles. The molecule has 0 saturated carbocycles. The predicted molar refractivity (Wildman–Crippen MR) is 84.4 cm³/mol. The molecule has 0 amide bonds. The van der Waals surface area contributed by atoms with Crippen LogP contribution in [-0.4, -0.2) is 32.5 Å². The fourth-order valence-corrected chi connectivity index (χ4v) is 3.30. The second-order valence-corrected chi connectivity index (χ2v) is 6.13. The summed E-state index contributed by atoms with van der Waals surface area (Å²) in [6, 6.07) is 0. The Kier molecular flexibility index (Phi) is 4.31. The fraction of sp³-hybridized carbons (Fsp3) is 0.625. The van der Waals surface area contributed by atoms with Crippen molar-refractivity contribution < 1.29 is 4.74 Å². The number of imidazole rings is 1. The Bertz CT molecular complexity index is 645. The first-order chi connectivity index (χ1) is 10.6. The van der Waals surface area contributed by atoms with Crippen molar-refractivity contribution in [2.24, 2.45) is 20.0 Å². The van der Waals surface area contributed by atoms with Crippen LogP contribution in [0.2, 0.25) is 0 Å². The van der Waals surface area contributed by atoms with Crippen molar-refractivity contribution in [3.8, 4) is 0 Å². The van der Waals surface area contributed by atoms with E-state index < -0.39 is 0 Å². The minimum Gasteiger partial charge on any atom is -0.373 e. The van der Waals surface area contributed by atoms with Crippen LogP contribution in [0.15, 0.2) is 12.4 Å². The van der Waals surface area contributed by atoms with Crippen LogP contribution < -0.4 is 5.32 Å². The van der Waals surface area contributed by atoms with E-state index >= 15 is 0 Å². The Hall–Kier alpha value is -1.66. The predicted octanol–water partition coefficient (Wildman–Crippen LogP) is 1.64. The standard InChI is InChI=1S/C16H25N5O/c1-11-15(12(2)21(4)19-11)16-13(5-8-22-16)9-17-10-14-18-6-7-20(14)3/h6-7,13,16-17H,5,8-10H2,1-4H3/t13-,16+/m0/s1. The third kappa shape index (κ3) is 2.80. The minimum atomic E-state index is 0.155. The number of rotatable bonds is 5. The smallest absolute Gasteiger partial charge is 0.122 e. The molecule has 22 heavy (non-hydrogen) atoms. The first-order valence-corrected chi connectivity index (χ1v) is 7.86. The largest absolute Gasteiger partial charge is 0.373 e. The zero-order valence-electron chi connectivity index (χ0n) is 13.8. The van der Waals surface area contributed by atoms with Gasteiger partial charge >= 0.3 is 0 Å². The molecule has 1 saturated heterocycles. The Morgan fingerprint density at radius 1 is 1.36 bits per heavy atom. The van der Waals surface area contributed by atoms with Crippen molar-refractivity contribution in [2.45, 2.75) is 32.9 Å². The number of hydrogen-bond acceptors (Lipinski definition) is 4. The monoisotopic (exact) mass is 303 g/mol. The number of nitrogens with zero attached hydrogens (tertiary/aromatic N) is 4. The highest BCUT2D eigenvalue weighted by atomic mass is 16.5. The van der Waals surface area contributed by atoms with Gasteiger partial charge in [-0.3, -0.25) is 4.68 Å². The molecule has 0 bridgehead atoms. The van der Waals surface area contributed by atoms with Gasteiger partial charge in [-0.2, -0.15) is 5.10 Å². The van der Waals surface area contributed by atoms with Crippen molar-refractivity contribution in [1.82, 2.24) is 24.6 Å². The van der Waals surface area contributed by atoms with E-state index in [9.17, 15) is 0 Å². The van der Waals surface area contributed by atoms with Gasteiger partial charge in [0.15, 0.2) is 0 Å². The molecule has 2 aromatic rings. The molecule has 6 nitrogen and oxygen atoms in total. The van der Waals surface area contributed by atoms with Gasteiger partial charge in [-0.15, -0.1) is 0 Å². The molecule has 2 atom stereocenters. The van der Waals surface area contributed by atoms with Crippen molar-refractivity contribution >= 4 is 0 Å². The molecule has 1 aliphatic rings. The van der Waals surface area contributed by atoms with Crippen LogP contribution in [0, 0.1) is 19.8 Å². The molecule has 0 unspecified atom stereocenters. The van der Waals surface area contributed by atoms with Crippen molar-refractivity contribution in [3.63, 3.8) is 0 Å². The normalized spacial score (nSPS) is 21.6. The zero-order chi connectivity index (χ0) is 15.7. The van der Waals surface area contributed by atoms with Crippen LogP contribution >= 0.6 is 0 Å². The molecule has 3 heterocycles. The lowest BCUT2D eigenvalue weighted by atomic mass is 9.94. The molecule has 1 fully saturated rings. The van der Waals surface area contributed by atoms with Gasteiger partial charge in [0.2, 0.25) is 0 Å². The van der Waals surface area contributed by atoms with E-state index in [0.29, 0.717) is 5.92 Å². The van der Waals surface area contributed by atoms with Crippen LogP contribution in [0.1, 0.15) is 35.3 Å². The highest BCUT2D eigenvalue weighted by molar-refractivity contribution is 5.28. The minimum absolute atomic E-state index is 0.155. The molecule has 0 spiro atoms. The molecule has 3 rings (SSSR count). The van der Waals surface area contributed by atoms with Gasteiger partial charge in [-0.05, 0) is 20.3 Å². The third-order valence-corrected chi connectivity index (χ3v) is 4.67. The first-order valence-electron chi connectivity index (χ1n) is 7.86. The number of aromatic nitrogens is 4. The SMILES string of the molecule is Cc1nn(C)c(C)c1[C@@H]1OCC[C@H]1CNCc1nccn1C. The summed E-state index contributed by atoms with van der Waals surface area (Å²) in [6.45, 7) is 6.74. The van der Waals surface area contributed by atoms with Crippen LogP contribution in [-0.2, 0) is 25.4 Å². The molecule has 120 valence electrons. The van der Waals surface area contributed by atoms with Crippen molar-refractivity contribution in [1.29, 1.82) is 0 Å². The molecule has 0 radical (unpaired) electrons. The summed E-state index contributed by atoms with van der Waals surface area (Å²) in [5.41, 5.74) is 3.56. The van der Waals surface area contributed by atoms with E-state index in [1.807, 2.05) is 35.7 Å². The lowest BCUT2D eigenvalue weighted by Gasteiger charge is -2.20. The summed E-state index contributed by atoms with van der Waals surface area (Å²) in [5.74, 6) is 1.55. The quantitative estimate of drug-likeness (QED) is 0.912. The van der Waals surface area contributed by atoms with Crippen LogP contribution in [0.4, 0.5) is 0 Å². The second-order valence-electron chi connectivity index (χ2n) is 6.13. The van der Waals surface area contributed by atoms with E-state index in [2.05, 4.69) is 29.2 Å². The topological polar surface area (TPSA) is 56.9 Å². The van der Waals surface area contributed by atoms with Crippen LogP contribution in [0.25, 0.3) is 0 Å². The summed E-state index contributed by atoms with van der Waals surface area (Å²) in [5, 5.41) is 8.05. The highest BCUT2D eigenvalue weighted by Gasteiger charge is 2.33. The molecular formula is C16H25N5O. The summed E-state index contributed by atoms with van der Waals surface area (Å²) in [7, 11) is 4.02. The van der Waals surface area contributed by atoms with Gasteiger partial charge < -0.3 is 14.6 Å². The molecule has 0 aromatic carbocycles. The fourth-order valence-electron chi connectivity index (χ4n) is 3.30. The van der Waals surface area contributed by atoms with E-state index in [4.69, 9.17) is 4.74 Å².